The predicted octanol–water partition coefficient (Wildman–Crippen LogP) is 1.49. The topological polar surface area (TPSA) is 58.4 Å². The summed E-state index contributed by atoms with van der Waals surface area (Å²) in [5, 5.41) is 3.16. The molecule has 3 N–H and O–H groups in total. The van der Waals surface area contributed by atoms with E-state index in [9.17, 15) is 4.79 Å². The van der Waals surface area contributed by atoms with Gasteiger partial charge in [-0.2, -0.15) is 0 Å². The number of hydrogen-bond donors (Lipinski definition) is 2. The number of amides is 1. The highest BCUT2D eigenvalue weighted by molar-refractivity contribution is 5.85. The van der Waals surface area contributed by atoms with Gasteiger partial charge in [0.2, 0.25) is 5.91 Å². The second-order valence-corrected chi connectivity index (χ2v) is 6.54. The third kappa shape index (κ3) is 3.29. The van der Waals surface area contributed by atoms with E-state index in [0.29, 0.717) is 6.04 Å². The van der Waals surface area contributed by atoms with Crippen LogP contribution in [0.15, 0.2) is 0 Å². The lowest BCUT2D eigenvalue weighted by Gasteiger charge is -2.32. The van der Waals surface area contributed by atoms with E-state index in [0.717, 1.165) is 25.2 Å². The third-order valence-electron chi connectivity index (χ3n) is 5.33. The van der Waals surface area contributed by atoms with Crippen molar-refractivity contribution in [3.05, 3.63) is 0 Å². The minimum absolute atomic E-state index is 0.191. The SMILES string of the molecule is CNC1(C(N)=O)CCC(N(C)CC2CCCCC2)C1. The maximum atomic E-state index is 11.7. The summed E-state index contributed by atoms with van der Waals surface area (Å²) >= 11 is 0. The molecule has 2 unspecified atom stereocenters. The first kappa shape index (κ1) is 14.8. The number of likely N-dealkylation sites (N-methyl/N-ethyl adjacent to an activating group) is 1. The molecule has 19 heavy (non-hydrogen) atoms. The quantitative estimate of drug-likeness (QED) is 0.793. The fourth-order valence-electron chi connectivity index (χ4n) is 3.90. The molecule has 2 atom stereocenters. The largest absolute Gasteiger partial charge is 0.368 e. The minimum Gasteiger partial charge on any atom is -0.368 e. The summed E-state index contributed by atoms with van der Waals surface area (Å²) in [4.78, 5) is 14.1. The molecule has 4 nitrogen and oxygen atoms in total. The van der Waals surface area contributed by atoms with Crippen molar-refractivity contribution in [3.8, 4) is 0 Å². The van der Waals surface area contributed by atoms with Gasteiger partial charge in [0, 0.05) is 12.6 Å². The predicted molar refractivity (Wildman–Crippen MR) is 77.8 cm³/mol. The van der Waals surface area contributed by atoms with E-state index in [1.807, 2.05) is 7.05 Å². The van der Waals surface area contributed by atoms with Gasteiger partial charge in [0.15, 0.2) is 0 Å². The molecule has 2 aliphatic rings. The third-order valence-corrected chi connectivity index (χ3v) is 5.33. The number of rotatable bonds is 5. The second kappa shape index (κ2) is 6.23. The van der Waals surface area contributed by atoms with Crippen LogP contribution in [0.25, 0.3) is 0 Å². The Morgan fingerprint density at radius 1 is 1.32 bits per heavy atom. The molecular weight excluding hydrogens is 238 g/mol. The lowest BCUT2D eigenvalue weighted by atomic mass is 9.88. The van der Waals surface area contributed by atoms with E-state index < -0.39 is 5.54 Å². The van der Waals surface area contributed by atoms with Crippen LogP contribution in [0.5, 0.6) is 0 Å². The smallest absolute Gasteiger partial charge is 0.237 e. The molecule has 110 valence electrons. The molecule has 0 bridgehead atoms. The first-order valence-corrected chi connectivity index (χ1v) is 7.76. The fourth-order valence-corrected chi connectivity index (χ4v) is 3.90. The van der Waals surface area contributed by atoms with Gasteiger partial charge in [-0.05, 0) is 52.1 Å². The molecule has 2 fully saturated rings. The van der Waals surface area contributed by atoms with Crippen LogP contribution in [0, 0.1) is 5.92 Å². The van der Waals surface area contributed by atoms with Crippen LogP contribution >= 0.6 is 0 Å². The van der Waals surface area contributed by atoms with Crippen LogP contribution < -0.4 is 11.1 Å². The van der Waals surface area contributed by atoms with Gasteiger partial charge in [0.25, 0.3) is 0 Å². The summed E-state index contributed by atoms with van der Waals surface area (Å²) in [6.45, 7) is 1.18. The average Bonchev–Trinajstić information content (AvgIpc) is 2.86. The molecule has 1 amide bonds. The normalized spacial score (nSPS) is 32.9. The Labute approximate surface area is 117 Å². The summed E-state index contributed by atoms with van der Waals surface area (Å²) in [6, 6.07) is 0.502. The fraction of sp³-hybridized carbons (Fsp3) is 0.933. The van der Waals surface area contributed by atoms with Crippen LogP contribution in [0.4, 0.5) is 0 Å². The monoisotopic (exact) mass is 267 g/mol. The molecule has 0 spiro atoms. The molecule has 2 aliphatic carbocycles. The minimum atomic E-state index is -0.467. The Hall–Kier alpha value is -0.610. The van der Waals surface area contributed by atoms with E-state index in [-0.39, 0.29) is 5.91 Å². The van der Waals surface area contributed by atoms with Crippen molar-refractivity contribution < 1.29 is 4.79 Å². The molecule has 0 aliphatic heterocycles. The Kier molecular flexibility index (Phi) is 4.85. The lowest BCUT2D eigenvalue weighted by molar-refractivity contribution is -0.124. The summed E-state index contributed by atoms with van der Waals surface area (Å²) in [6.07, 6.45) is 9.77. The zero-order valence-corrected chi connectivity index (χ0v) is 12.5. The Balaban J connectivity index is 1.87. The summed E-state index contributed by atoms with van der Waals surface area (Å²) in [7, 11) is 4.07. The maximum absolute atomic E-state index is 11.7. The van der Waals surface area contributed by atoms with E-state index in [1.165, 1.54) is 38.6 Å². The standard InChI is InChI=1S/C15H29N3O/c1-17-15(14(16)19)9-8-13(10-15)18(2)11-12-6-4-3-5-7-12/h12-13,17H,3-11H2,1-2H3,(H2,16,19). The van der Waals surface area contributed by atoms with E-state index in [4.69, 9.17) is 5.73 Å². The van der Waals surface area contributed by atoms with Gasteiger partial charge in [0.1, 0.15) is 0 Å². The number of nitrogens with one attached hydrogen (secondary N) is 1. The summed E-state index contributed by atoms with van der Waals surface area (Å²) < 4.78 is 0. The Morgan fingerprint density at radius 2 is 2.00 bits per heavy atom. The number of primary amides is 1. The van der Waals surface area contributed by atoms with Gasteiger partial charge in [-0.3, -0.25) is 4.79 Å². The molecule has 4 heteroatoms. The van der Waals surface area contributed by atoms with Gasteiger partial charge >= 0.3 is 0 Å². The highest BCUT2D eigenvalue weighted by atomic mass is 16.1. The maximum Gasteiger partial charge on any atom is 0.237 e. The van der Waals surface area contributed by atoms with Crippen molar-refractivity contribution in [2.24, 2.45) is 11.7 Å². The van der Waals surface area contributed by atoms with Crippen LogP contribution in [0.1, 0.15) is 51.4 Å². The highest BCUT2D eigenvalue weighted by Crippen LogP contribution is 2.33. The van der Waals surface area contributed by atoms with E-state index in [1.54, 1.807) is 0 Å². The average molecular weight is 267 g/mol. The van der Waals surface area contributed by atoms with Crippen molar-refractivity contribution >= 4 is 5.91 Å². The number of nitrogens with two attached hydrogens (primary N) is 1. The van der Waals surface area contributed by atoms with Crippen LogP contribution in [0.2, 0.25) is 0 Å². The molecule has 0 saturated heterocycles. The molecule has 0 aromatic carbocycles. The zero-order chi connectivity index (χ0) is 13.9. The molecule has 0 heterocycles. The molecule has 0 aromatic rings. The molecular formula is C15H29N3O. The van der Waals surface area contributed by atoms with Gasteiger partial charge in [-0.25, -0.2) is 0 Å². The van der Waals surface area contributed by atoms with Crippen molar-refractivity contribution in [1.29, 1.82) is 0 Å². The van der Waals surface area contributed by atoms with Gasteiger partial charge in [0.05, 0.1) is 5.54 Å². The summed E-state index contributed by atoms with van der Waals surface area (Å²) in [5.74, 6) is 0.667. The van der Waals surface area contributed by atoms with Gasteiger partial charge in [-0.15, -0.1) is 0 Å². The van der Waals surface area contributed by atoms with Crippen molar-refractivity contribution in [3.63, 3.8) is 0 Å². The Bertz CT molecular complexity index is 315. The van der Waals surface area contributed by atoms with Crippen LogP contribution in [-0.4, -0.2) is 43.0 Å². The first-order chi connectivity index (χ1) is 9.07. The van der Waals surface area contributed by atoms with Gasteiger partial charge < -0.3 is 16.0 Å². The van der Waals surface area contributed by atoms with Crippen molar-refractivity contribution in [2.45, 2.75) is 62.9 Å². The molecule has 2 rings (SSSR count). The van der Waals surface area contributed by atoms with Crippen LogP contribution in [0.3, 0.4) is 0 Å². The molecule has 0 aromatic heterocycles. The number of carbonyl (C=O) groups excluding carboxylic acids is 1. The van der Waals surface area contributed by atoms with Gasteiger partial charge in [-0.1, -0.05) is 19.3 Å². The highest BCUT2D eigenvalue weighted by Gasteiger charge is 2.44. The van der Waals surface area contributed by atoms with Crippen LogP contribution in [-0.2, 0) is 4.79 Å². The number of hydrogen-bond acceptors (Lipinski definition) is 3. The number of carbonyl (C=O) groups is 1. The second-order valence-electron chi connectivity index (χ2n) is 6.54. The van der Waals surface area contributed by atoms with E-state index >= 15 is 0 Å². The van der Waals surface area contributed by atoms with E-state index in [2.05, 4.69) is 17.3 Å². The summed E-state index contributed by atoms with van der Waals surface area (Å²) in [5.41, 5.74) is 5.10. The number of nitrogens with zero attached hydrogens (tertiary/aromatic N) is 1. The zero-order valence-electron chi connectivity index (χ0n) is 12.5. The van der Waals surface area contributed by atoms with Crippen molar-refractivity contribution in [1.82, 2.24) is 10.2 Å². The lowest BCUT2D eigenvalue weighted by Crippen LogP contribution is -2.53. The molecule has 0 radical (unpaired) electrons. The Morgan fingerprint density at radius 3 is 2.53 bits per heavy atom. The molecule has 2 saturated carbocycles. The first-order valence-electron chi connectivity index (χ1n) is 7.76. The van der Waals surface area contributed by atoms with Crippen molar-refractivity contribution in [2.75, 3.05) is 20.6 Å².